The molecule has 10 heteroatoms. The van der Waals surface area contributed by atoms with Gasteiger partial charge < -0.3 is 14.6 Å². The number of hydrogen-bond acceptors (Lipinski definition) is 5. The van der Waals surface area contributed by atoms with Crippen LogP contribution in [0.1, 0.15) is 48.4 Å². The lowest BCUT2D eigenvalue weighted by atomic mass is 9.93. The summed E-state index contributed by atoms with van der Waals surface area (Å²) in [6, 6.07) is 6.21. The molecule has 1 N–H and O–H groups in total. The summed E-state index contributed by atoms with van der Waals surface area (Å²) >= 11 is 12.1. The van der Waals surface area contributed by atoms with Gasteiger partial charge in [-0.3, -0.25) is 19.3 Å². The molecule has 33 heavy (non-hydrogen) atoms. The Hall–Kier alpha value is -2.84. The van der Waals surface area contributed by atoms with E-state index in [1.165, 1.54) is 0 Å². The molecule has 0 unspecified atom stereocenters. The summed E-state index contributed by atoms with van der Waals surface area (Å²) in [5.74, 6) is -1.71. The molecule has 8 nitrogen and oxygen atoms in total. The summed E-state index contributed by atoms with van der Waals surface area (Å²) in [5, 5.41) is 3.46. The maximum Gasteiger partial charge on any atom is 0.326 e. The van der Waals surface area contributed by atoms with E-state index in [-0.39, 0.29) is 0 Å². The number of hydrogen-bond donors (Lipinski definition) is 1. The van der Waals surface area contributed by atoms with Crippen molar-refractivity contribution in [2.45, 2.75) is 46.1 Å². The number of halogens is 2. The molecule has 0 spiro atoms. The fraction of sp³-hybridized carbons (Fsp3) is 0.391. The second kappa shape index (κ2) is 9.57. The van der Waals surface area contributed by atoms with Crippen LogP contribution in [-0.4, -0.2) is 51.8 Å². The average Bonchev–Trinajstić information content (AvgIpc) is 3.21. The van der Waals surface area contributed by atoms with Crippen LogP contribution in [0.3, 0.4) is 0 Å². The Bertz CT molecular complexity index is 1140. The smallest absolute Gasteiger partial charge is 0.326 e. The van der Waals surface area contributed by atoms with E-state index in [1.807, 2.05) is 11.5 Å². The zero-order chi connectivity index (χ0) is 24.5. The van der Waals surface area contributed by atoms with Gasteiger partial charge in [0, 0.05) is 22.6 Å². The highest BCUT2D eigenvalue weighted by atomic mass is 35.5. The van der Waals surface area contributed by atoms with Crippen molar-refractivity contribution in [3.8, 4) is 5.69 Å². The van der Waals surface area contributed by atoms with E-state index in [4.69, 9.17) is 27.9 Å². The number of carbonyl (C=O) groups excluding carboxylic acids is 4. The lowest BCUT2D eigenvalue weighted by molar-refractivity contribution is -0.146. The molecular weight excluding hydrogens is 469 g/mol. The Kier molecular flexibility index (Phi) is 7.19. The van der Waals surface area contributed by atoms with Gasteiger partial charge in [-0.25, -0.2) is 4.79 Å². The van der Waals surface area contributed by atoms with Crippen molar-refractivity contribution < 1.29 is 23.9 Å². The fourth-order valence-corrected chi connectivity index (χ4v) is 4.31. The molecule has 1 aromatic heterocycles. The molecule has 1 aliphatic heterocycles. The van der Waals surface area contributed by atoms with E-state index in [1.54, 1.807) is 45.0 Å². The van der Waals surface area contributed by atoms with E-state index in [9.17, 15) is 19.2 Å². The topological polar surface area (TPSA) is 97.7 Å². The minimum atomic E-state index is -1.00. The van der Waals surface area contributed by atoms with Gasteiger partial charge in [0.25, 0.3) is 5.91 Å². The largest absolute Gasteiger partial charge is 0.456 e. The molecule has 1 fully saturated rings. The number of nitrogens with one attached hydrogen (secondary N) is 1. The number of imide groups is 1. The number of aryl methyl sites for hydroxylation is 1. The van der Waals surface area contributed by atoms with E-state index in [0.717, 1.165) is 16.3 Å². The molecule has 2 heterocycles. The zero-order valence-corrected chi connectivity index (χ0v) is 20.3. The van der Waals surface area contributed by atoms with Crippen LogP contribution in [0.4, 0.5) is 4.79 Å². The maximum absolute atomic E-state index is 12.8. The van der Waals surface area contributed by atoms with Crippen molar-refractivity contribution in [1.82, 2.24) is 14.8 Å². The molecule has 3 amide bonds. The van der Waals surface area contributed by atoms with Gasteiger partial charge in [0.05, 0.1) is 10.0 Å². The summed E-state index contributed by atoms with van der Waals surface area (Å²) in [5.41, 5.74) is 1.56. The number of ketones is 1. The maximum atomic E-state index is 12.8. The quantitative estimate of drug-likeness (QED) is 0.337. The van der Waals surface area contributed by atoms with Crippen LogP contribution in [0.25, 0.3) is 5.69 Å². The lowest BCUT2D eigenvalue weighted by Gasteiger charge is -2.22. The van der Waals surface area contributed by atoms with Crippen molar-refractivity contribution in [3.05, 3.63) is 51.3 Å². The van der Waals surface area contributed by atoms with E-state index in [2.05, 4.69) is 5.32 Å². The zero-order valence-electron chi connectivity index (χ0n) is 18.8. The number of carbonyl (C=O) groups is 4. The normalized spacial score (nSPS) is 15.0. The molecule has 176 valence electrons. The van der Waals surface area contributed by atoms with Gasteiger partial charge in [-0.2, -0.15) is 0 Å². The molecule has 0 saturated carbocycles. The highest BCUT2D eigenvalue weighted by molar-refractivity contribution is 6.42. The standard InChI is InChI=1S/C23H25Cl2N3O5/c1-5-23(6-2)21(31)27(22(32)26-23)11-20(30)33-12-19(29)16-9-13(3)28(14(16)4)15-7-8-17(24)18(25)10-15/h7-10H,5-6,11-12H2,1-4H3,(H,26,32). The first-order valence-corrected chi connectivity index (χ1v) is 11.3. The lowest BCUT2D eigenvalue weighted by Crippen LogP contribution is -2.46. The number of benzene rings is 1. The molecular formula is C23H25Cl2N3O5. The van der Waals surface area contributed by atoms with Crippen LogP contribution in [0, 0.1) is 13.8 Å². The SMILES string of the molecule is CCC1(CC)NC(=O)N(CC(=O)OCC(=O)c2cc(C)n(-c3ccc(Cl)c(Cl)c3)c2C)C1=O. The van der Waals surface area contributed by atoms with Gasteiger partial charge in [-0.05, 0) is 51.0 Å². The van der Waals surface area contributed by atoms with Crippen LogP contribution < -0.4 is 5.32 Å². The van der Waals surface area contributed by atoms with Crippen molar-refractivity contribution in [3.63, 3.8) is 0 Å². The van der Waals surface area contributed by atoms with Crippen LogP contribution in [0.2, 0.25) is 10.0 Å². The molecule has 0 bridgehead atoms. The second-order valence-corrected chi connectivity index (χ2v) is 8.73. The molecule has 1 saturated heterocycles. The van der Waals surface area contributed by atoms with Gasteiger partial charge in [0.2, 0.25) is 5.78 Å². The first kappa shape index (κ1) is 24.8. The number of urea groups is 1. The third-order valence-electron chi connectivity index (χ3n) is 6.00. The number of Topliss-reactive ketones (excluding diaryl/α,β-unsaturated/α-hetero) is 1. The summed E-state index contributed by atoms with van der Waals surface area (Å²) in [4.78, 5) is 50.6. The third kappa shape index (κ3) is 4.63. The van der Waals surface area contributed by atoms with Crippen LogP contribution >= 0.6 is 23.2 Å². The predicted octanol–water partition coefficient (Wildman–Crippen LogP) is 4.24. The molecule has 0 atom stereocenters. The first-order valence-electron chi connectivity index (χ1n) is 10.5. The summed E-state index contributed by atoms with van der Waals surface area (Å²) in [7, 11) is 0. The number of nitrogens with zero attached hydrogens (tertiary/aromatic N) is 2. The van der Waals surface area contributed by atoms with Crippen LogP contribution in [0.5, 0.6) is 0 Å². The minimum Gasteiger partial charge on any atom is -0.456 e. The molecule has 1 aromatic carbocycles. The van der Waals surface area contributed by atoms with Gasteiger partial charge in [-0.1, -0.05) is 37.0 Å². The van der Waals surface area contributed by atoms with E-state index in [0.29, 0.717) is 34.1 Å². The van der Waals surface area contributed by atoms with E-state index >= 15 is 0 Å². The van der Waals surface area contributed by atoms with Crippen LogP contribution in [-0.2, 0) is 14.3 Å². The Morgan fingerprint density at radius 1 is 1.06 bits per heavy atom. The van der Waals surface area contributed by atoms with Crippen LogP contribution in [0.15, 0.2) is 24.3 Å². The third-order valence-corrected chi connectivity index (χ3v) is 6.74. The van der Waals surface area contributed by atoms with Crippen molar-refractivity contribution >= 4 is 46.9 Å². The predicted molar refractivity (Wildman–Crippen MR) is 124 cm³/mol. The number of ether oxygens (including phenoxy) is 1. The fourth-order valence-electron chi connectivity index (χ4n) is 4.01. The Morgan fingerprint density at radius 2 is 1.73 bits per heavy atom. The summed E-state index contributed by atoms with van der Waals surface area (Å²) < 4.78 is 6.93. The molecule has 3 rings (SSSR count). The first-order chi connectivity index (χ1) is 15.5. The number of amides is 3. The highest BCUT2D eigenvalue weighted by Crippen LogP contribution is 2.28. The van der Waals surface area contributed by atoms with E-state index < -0.39 is 42.4 Å². The minimum absolute atomic E-state index is 0.386. The summed E-state index contributed by atoms with van der Waals surface area (Å²) in [6.45, 7) is 6.12. The number of rotatable bonds is 8. The number of esters is 1. The molecule has 1 aliphatic rings. The van der Waals surface area contributed by atoms with Crippen molar-refractivity contribution in [2.24, 2.45) is 0 Å². The second-order valence-electron chi connectivity index (χ2n) is 7.91. The number of aromatic nitrogens is 1. The van der Waals surface area contributed by atoms with Crippen molar-refractivity contribution in [1.29, 1.82) is 0 Å². The molecule has 0 radical (unpaired) electrons. The Balaban J connectivity index is 1.68. The monoisotopic (exact) mass is 493 g/mol. The van der Waals surface area contributed by atoms with Gasteiger partial charge >= 0.3 is 12.0 Å². The van der Waals surface area contributed by atoms with Gasteiger partial charge in [0.1, 0.15) is 12.1 Å². The Labute approximate surface area is 201 Å². The highest BCUT2D eigenvalue weighted by Gasteiger charge is 2.49. The van der Waals surface area contributed by atoms with Crippen molar-refractivity contribution in [2.75, 3.05) is 13.2 Å². The van der Waals surface area contributed by atoms with Gasteiger partial charge in [-0.15, -0.1) is 0 Å². The Morgan fingerprint density at radius 3 is 2.30 bits per heavy atom. The molecule has 0 aliphatic carbocycles. The molecule has 2 aromatic rings. The average molecular weight is 494 g/mol. The summed E-state index contributed by atoms with van der Waals surface area (Å²) in [6.07, 6.45) is 0.819. The van der Waals surface area contributed by atoms with Gasteiger partial charge in [0.15, 0.2) is 6.61 Å².